The molecule has 0 aliphatic heterocycles. The van der Waals surface area contributed by atoms with E-state index in [4.69, 9.17) is 33.7 Å². The monoisotopic (exact) mass is 346 g/mol. The molecule has 8 heteroatoms. The normalized spacial score (nSPS) is 11.2. The van der Waals surface area contributed by atoms with Crippen LogP contribution in [0.5, 0.6) is 5.75 Å². The lowest BCUT2D eigenvalue weighted by Crippen LogP contribution is -2.14. The topological polar surface area (TPSA) is 81.4 Å². The van der Waals surface area contributed by atoms with E-state index >= 15 is 0 Å². The van der Waals surface area contributed by atoms with Gasteiger partial charge in [-0.1, -0.05) is 29.3 Å². The van der Waals surface area contributed by atoms with Crippen molar-refractivity contribution in [3.8, 4) is 5.75 Å². The van der Waals surface area contributed by atoms with Crippen LogP contribution in [-0.2, 0) is 10.0 Å². The molecule has 2 aromatic rings. The van der Waals surface area contributed by atoms with E-state index in [9.17, 15) is 8.42 Å². The van der Waals surface area contributed by atoms with E-state index in [0.717, 1.165) is 0 Å². The summed E-state index contributed by atoms with van der Waals surface area (Å²) in [4.78, 5) is -0.145. The summed E-state index contributed by atoms with van der Waals surface area (Å²) in [5, 5.41) is 0.0817. The Morgan fingerprint density at radius 3 is 2.57 bits per heavy atom. The van der Waals surface area contributed by atoms with Crippen molar-refractivity contribution >= 4 is 44.6 Å². The fourth-order valence-electron chi connectivity index (χ4n) is 1.65. The molecule has 0 aliphatic carbocycles. The summed E-state index contributed by atoms with van der Waals surface area (Å²) in [5.41, 5.74) is 6.01. The summed E-state index contributed by atoms with van der Waals surface area (Å²) >= 11 is 11.7. The van der Waals surface area contributed by atoms with E-state index in [-0.39, 0.29) is 20.6 Å². The zero-order chi connectivity index (χ0) is 15.6. The SMILES string of the molecule is COc1cccc(NS(=O)(=O)c2ccc(Cl)c(N)c2Cl)c1. The number of rotatable bonds is 4. The van der Waals surface area contributed by atoms with Crippen LogP contribution in [0.2, 0.25) is 10.0 Å². The van der Waals surface area contributed by atoms with Crippen LogP contribution in [0, 0.1) is 0 Å². The number of benzene rings is 2. The number of nitrogens with one attached hydrogen (secondary N) is 1. The van der Waals surface area contributed by atoms with Gasteiger partial charge < -0.3 is 10.5 Å². The van der Waals surface area contributed by atoms with Gasteiger partial charge in [-0.3, -0.25) is 4.72 Å². The Labute approximate surface area is 132 Å². The molecule has 0 saturated heterocycles. The molecular formula is C13H12Cl2N2O3S. The number of ether oxygens (including phenoxy) is 1. The summed E-state index contributed by atoms with van der Waals surface area (Å²) in [6.45, 7) is 0. The molecule has 112 valence electrons. The summed E-state index contributed by atoms with van der Waals surface area (Å²) in [6.07, 6.45) is 0. The Bertz CT molecular complexity index is 779. The Morgan fingerprint density at radius 2 is 1.90 bits per heavy atom. The first-order valence-corrected chi connectivity index (χ1v) is 7.99. The number of hydrogen-bond acceptors (Lipinski definition) is 4. The van der Waals surface area contributed by atoms with Crippen LogP contribution in [0.4, 0.5) is 11.4 Å². The van der Waals surface area contributed by atoms with Crippen LogP contribution in [0.25, 0.3) is 0 Å². The van der Waals surface area contributed by atoms with Gasteiger partial charge >= 0.3 is 0 Å². The summed E-state index contributed by atoms with van der Waals surface area (Å²) < 4.78 is 32.1. The number of nitrogen functional groups attached to an aromatic ring is 1. The van der Waals surface area contributed by atoms with E-state index < -0.39 is 10.0 Å². The lowest BCUT2D eigenvalue weighted by Gasteiger charge is -2.12. The molecule has 0 aromatic heterocycles. The lowest BCUT2D eigenvalue weighted by atomic mass is 10.3. The van der Waals surface area contributed by atoms with Crippen molar-refractivity contribution in [2.45, 2.75) is 4.90 Å². The molecule has 0 amide bonds. The average Bonchev–Trinajstić information content (AvgIpc) is 2.44. The van der Waals surface area contributed by atoms with Crippen LogP contribution in [0.3, 0.4) is 0 Å². The van der Waals surface area contributed by atoms with Gasteiger partial charge in [-0.2, -0.15) is 0 Å². The van der Waals surface area contributed by atoms with Gasteiger partial charge in [-0.05, 0) is 24.3 Å². The minimum Gasteiger partial charge on any atom is -0.497 e. The number of nitrogens with two attached hydrogens (primary N) is 1. The zero-order valence-electron chi connectivity index (χ0n) is 10.9. The molecule has 0 fully saturated rings. The third-order valence-electron chi connectivity index (χ3n) is 2.70. The minimum absolute atomic E-state index is 0.0202. The highest BCUT2D eigenvalue weighted by atomic mass is 35.5. The summed E-state index contributed by atoms with van der Waals surface area (Å²) in [5.74, 6) is 0.525. The van der Waals surface area contributed by atoms with E-state index in [1.165, 1.54) is 19.2 Å². The molecule has 0 unspecified atom stereocenters. The molecule has 0 saturated carbocycles. The Morgan fingerprint density at radius 1 is 1.19 bits per heavy atom. The third kappa shape index (κ3) is 3.34. The maximum Gasteiger partial charge on any atom is 0.263 e. The van der Waals surface area contributed by atoms with E-state index in [1.807, 2.05) is 0 Å². The molecule has 2 aromatic carbocycles. The van der Waals surface area contributed by atoms with Gasteiger partial charge in [0.05, 0.1) is 28.5 Å². The Balaban J connectivity index is 2.41. The van der Waals surface area contributed by atoms with Gasteiger partial charge in [0.15, 0.2) is 0 Å². The smallest absolute Gasteiger partial charge is 0.263 e. The summed E-state index contributed by atoms with van der Waals surface area (Å²) in [7, 11) is -2.39. The van der Waals surface area contributed by atoms with Crippen molar-refractivity contribution in [3.05, 3.63) is 46.4 Å². The largest absolute Gasteiger partial charge is 0.497 e. The van der Waals surface area contributed by atoms with Crippen molar-refractivity contribution in [3.63, 3.8) is 0 Å². The second kappa shape index (κ2) is 6.01. The van der Waals surface area contributed by atoms with E-state index in [0.29, 0.717) is 11.4 Å². The number of sulfonamides is 1. The first-order chi connectivity index (χ1) is 9.85. The van der Waals surface area contributed by atoms with Crippen LogP contribution in [-0.4, -0.2) is 15.5 Å². The Hall–Kier alpha value is -1.63. The second-order valence-electron chi connectivity index (χ2n) is 4.11. The molecule has 0 aliphatic rings. The van der Waals surface area contributed by atoms with E-state index in [1.54, 1.807) is 24.3 Å². The number of hydrogen-bond donors (Lipinski definition) is 2. The van der Waals surface area contributed by atoms with Crippen molar-refractivity contribution in [1.82, 2.24) is 0 Å². The quantitative estimate of drug-likeness (QED) is 0.831. The van der Waals surface area contributed by atoms with Crippen molar-refractivity contribution in [2.24, 2.45) is 0 Å². The van der Waals surface area contributed by atoms with Gasteiger partial charge in [0, 0.05) is 6.07 Å². The number of halogens is 2. The minimum atomic E-state index is -3.88. The fraction of sp³-hybridized carbons (Fsp3) is 0.0769. The standard InChI is InChI=1S/C13H12Cl2N2O3S/c1-20-9-4-2-3-8(7-9)17-21(18,19)11-6-5-10(14)13(16)12(11)15/h2-7,17H,16H2,1H3. The molecule has 21 heavy (non-hydrogen) atoms. The van der Waals surface area contributed by atoms with E-state index in [2.05, 4.69) is 4.72 Å². The first-order valence-electron chi connectivity index (χ1n) is 5.75. The maximum absolute atomic E-state index is 12.4. The van der Waals surface area contributed by atoms with Gasteiger partial charge in [-0.25, -0.2) is 8.42 Å². The highest BCUT2D eigenvalue weighted by Gasteiger charge is 2.21. The molecule has 0 spiro atoms. The highest BCUT2D eigenvalue weighted by Crippen LogP contribution is 2.34. The van der Waals surface area contributed by atoms with Crippen molar-refractivity contribution in [1.29, 1.82) is 0 Å². The number of methoxy groups -OCH3 is 1. The van der Waals surface area contributed by atoms with Crippen LogP contribution in [0.1, 0.15) is 0 Å². The van der Waals surface area contributed by atoms with Crippen LogP contribution in [0.15, 0.2) is 41.3 Å². The predicted octanol–water partition coefficient (Wildman–Crippen LogP) is 3.39. The van der Waals surface area contributed by atoms with Gasteiger partial charge in [0.2, 0.25) is 0 Å². The third-order valence-corrected chi connectivity index (χ3v) is 4.98. The molecule has 0 atom stereocenters. The van der Waals surface area contributed by atoms with Crippen molar-refractivity contribution in [2.75, 3.05) is 17.6 Å². The molecular weight excluding hydrogens is 335 g/mol. The van der Waals surface area contributed by atoms with Crippen LogP contribution < -0.4 is 15.2 Å². The zero-order valence-corrected chi connectivity index (χ0v) is 13.3. The fourth-order valence-corrected chi connectivity index (χ4v) is 3.47. The van der Waals surface area contributed by atoms with Gasteiger partial charge in [-0.15, -0.1) is 0 Å². The highest BCUT2D eigenvalue weighted by molar-refractivity contribution is 7.92. The first kappa shape index (κ1) is 15.8. The molecule has 5 nitrogen and oxygen atoms in total. The average molecular weight is 347 g/mol. The lowest BCUT2D eigenvalue weighted by molar-refractivity contribution is 0.415. The van der Waals surface area contributed by atoms with Crippen LogP contribution >= 0.6 is 23.2 Å². The molecule has 0 radical (unpaired) electrons. The molecule has 2 rings (SSSR count). The van der Waals surface area contributed by atoms with Crippen molar-refractivity contribution < 1.29 is 13.2 Å². The second-order valence-corrected chi connectivity index (χ2v) is 6.55. The molecule has 3 N–H and O–H groups in total. The van der Waals surface area contributed by atoms with Gasteiger partial charge in [0.1, 0.15) is 10.6 Å². The summed E-state index contributed by atoms with van der Waals surface area (Å²) in [6, 6.07) is 9.17. The van der Waals surface area contributed by atoms with Gasteiger partial charge in [0.25, 0.3) is 10.0 Å². The Kier molecular flexibility index (Phi) is 4.51. The number of anilines is 2. The predicted molar refractivity (Wildman–Crippen MR) is 84.7 cm³/mol. The molecule has 0 heterocycles. The molecule has 0 bridgehead atoms. The maximum atomic E-state index is 12.4.